The molecule has 4 aromatic rings. The minimum absolute atomic E-state index is 0.0369. The first kappa shape index (κ1) is 36.4. The van der Waals surface area contributed by atoms with Crippen molar-refractivity contribution in [2.24, 2.45) is 10.9 Å². The van der Waals surface area contributed by atoms with Gasteiger partial charge in [0.2, 0.25) is 17.7 Å². The van der Waals surface area contributed by atoms with Crippen LogP contribution >= 0.6 is 22.9 Å². The molecule has 2 atom stereocenters. The predicted octanol–water partition coefficient (Wildman–Crippen LogP) is 3.87. The van der Waals surface area contributed by atoms with Gasteiger partial charge < -0.3 is 9.80 Å². The Balaban J connectivity index is 0.823. The van der Waals surface area contributed by atoms with Crippen molar-refractivity contribution in [2.75, 3.05) is 50.7 Å². The molecular weight excluding hydrogens is 754 g/mol. The Hall–Kier alpha value is -5.25. The molecule has 0 aliphatic carbocycles. The minimum atomic E-state index is -0.986. The summed E-state index contributed by atoms with van der Waals surface area (Å²) in [5.41, 5.74) is 5.36. The van der Waals surface area contributed by atoms with Gasteiger partial charge in [-0.1, -0.05) is 23.7 Å². The predicted molar refractivity (Wildman–Crippen MR) is 210 cm³/mol. The molecule has 16 heteroatoms. The summed E-state index contributed by atoms with van der Waals surface area (Å²) in [6.07, 6.45) is 0.387. The van der Waals surface area contributed by atoms with Gasteiger partial charge in [-0.3, -0.25) is 48.6 Å². The van der Waals surface area contributed by atoms with Gasteiger partial charge in [-0.2, -0.15) is 0 Å². The highest BCUT2D eigenvalue weighted by Gasteiger charge is 2.45. The minimum Gasteiger partial charge on any atom is -0.371 e. The molecule has 2 aromatic carbocycles. The van der Waals surface area contributed by atoms with E-state index in [2.05, 4.69) is 43.7 Å². The van der Waals surface area contributed by atoms with Gasteiger partial charge in [0.15, 0.2) is 5.82 Å². The number of aliphatic imine (C=N–C) groups is 1. The van der Waals surface area contributed by atoms with E-state index < -0.39 is 35.7 Å². The molecule has 0 bridgehead atoms. The van der Waals surface area contributed by atoms with E-state index in [1.54, 1.807) is 23.5 Å². The molecule has 9 rings (SSSR count). The van der Waals surface area contributed by atoms with E-state index in [4.69, 9.17) is 16.6 Å². The first-order valence-electron chi connectivity index (χ1n) is 18.9. The summed E-state index contributed by atoms with van der Waals surface area (Å²) >= 11 is 7.95. The van der Waals surface area contributed by atoms with Crippen LogP contribution in [0.1, 0.15) is 79.2 Å². The molecule has 7 heterocycles. The second kappa shape index (κ2) is 14.0. The number of fused-ring (bicyclic) bond motifs is 4. The SMILES string of the molecule is Cc1sc2c(c1C)C(c1ccc(Cl)cc1)=N[C@@H](CC(=O)N1CCN(CC3CN(c4ccc5c(c4)C(=O)N(C4CCC(=O)NC4=O)C5=O)C3)CC1)c1nnc(C)n1-2. The van der Waals surface area contributed by atoms with Gasteiger partial charge in [0.05, 0.1) is 23.3 Å². The number of carbonyl (C=O) groups is 5. The average Bonchev–Trinajstić information content (AvgIpc) is 3.74. The average molecular weight is 794 g/mol. The monoisotopic (exact) mass is 793 g/mol. The van der Waals surface area contributed by atoms with Crippen molar-refractivity contribution in [2.45, 2.75) is 52.1 Å². The van der Waals surface area contributed by atoms with E-state index in [-0.39, 0.29) is 36.3 Å². The fourth-order valence-corrected chi connectivity index (χ4v) is 9.86. The lowest BCUT2D eigenvalue weighted by atomic mass is 9.97. The Morgan fingerprint density at radius 3 is 2.39 bits per heavy atom. The molecule has 0 radical (unpaired) electrons. The van der Waals surface area contributed by atoms with Gasteiger partial charge in [-0.05, 0) is 63.1 Å². The lowest BCUT2D eigenvalue weighted by Crippen LogP contribution is -2.55. The van der Waals surface area contributed by atoms with Crippen LogP contribution in [0, 0.1) is 26.7 Å². The third kappa shape index (κ3) is 6.21. The third-order valence-corrected chi connectivity index (χ3v) is 13.2. The molecular formula is C40H40ClN9O5S. The normalized spacial score (nSPS) is 21.4. The molecule has 0 spiro atoms. The molecule has 14 nitrogen and oxygen atoms in total. The molecule has 5 amide bonds. The number of halogens is 1. The Labute approximate surface area is 332 Å². The molecule has 3 saturated heterocycles. The quantitative estimate of drug-likeness (QED) is 0.275. The van der Waals surface area contributed by atoms with Gasteiger partial charge in [-0.15, -0.1) is 21.5 Å². The first-order valence-corrected chi connectivity index (χ1v) is 20.1. The van der Waals surface area contributed by atoms with Crippen LogP contribution in [0.3, 0.4) is 0 Å². The van der Waals surface area contributed by atoms with Crippen LogP contribution < -0.4 is 10.2 Å². The molecule has 3 fully saturated rings. The molecule has 2 aromatic heterocycles. The number of carbonyl (C=O) groups excluding carboxylic acids is 5. The zero-order valence-electron chi connectivity index (χ0n) is 31.2. The second-order valence-electron chi connectivity index (χ2n) is 15.2. The maximum absolute atomic E-state index is 14.0. The number of imide groups is 2. The fourth-order valence-electron chi connectivity index (χ4n) is 8.52. The van der Waals surface area contributed by atoms with Crippen LogP contribution in [-0.4, -0.2) is 117 Å². The summed E-state index contributed by atoms with van der Waals surface area (Å²) in [4.78, 5) is 78.4. The fraction of sp³-hybridized carbons (Fsp3) is 0.400. The second-order valence-corrected chi connectivity index (χ2v) is 16.9. The zero-order valence-corrected chi connectivity index (χ0v) is 32.8. The number of nitrogens with zero attached hydrogens (tertiary/aromatic N) is 8. The molecule has 1 unspecified atom stereocenters. The molecule has 288 valence electrons. The van der Waals surface area contributed by atoms with E-state index in [0.29, 0.717) is 29.9 Å². The number of aryl methyl sites for hydroxylation is 2. The topological polar surface area (TPSA) is 153 Å². The number of piperidine rings is 1. The number of piperazine rings is 1. The number of aromatic nitrogens is 3. The summed E-state index contributed by atoms with van der Waals surface area (Å²) in [7, 11) is 0. The van der Waals surface area contributed by atoms with Crippen LogP contribution in [0.5, 0.6) is 0 Å². The lowest BCUT2D eigenvalue weighted by Gasteiger charge is -2.45. The molecule has 56 heavy (non-hydrogen) atoms. The smallest absolute Gasteiger partial charge is 0.262 e. The lowest BCUT2D eigenvalue weighted by molar-refractivity contribution is -0.136. The highest BCUT2D eigenvalue weighted by atomic mass is 35.5. The van der Waals surface area contributed by atoms with Crippen molar-refractivity contribution in [1.82, 2.24) is 34.8 Å². The van der Waals surface area contributed by atoms with Gasteiger partial charge in [0.25, 0.3) is 11.8 Å². The number of thiophene rings is 1. The first-order chi connectivity index (χ1) is 26.9. The number of nitrogens with one attached hydrogen (secondary N) is 1. The van der Waals surface area contributed by atoms with Crippen molar-refractivity contribution in [3.63, 3.8) is 0 Å². The van der Waals surface area contributed by atoms with Crippen LogP contribution in [0.2, 0.25) is 5.02 Å². The summed E-state index contributed by atoms with van der Waals surface area (Å²) in [6.45, 7) is 11.4. The van der Waals surface area contributed by atoms with Crippen molar-refractivity contribution in [1.29, 1.82) is 0 Å². The standard InChI is InChI=1S/C40H40ClN9O5S/c1-21-22(2)56-40-34(21)35(25-4-6-26(41)7-5-25)42-30(36-45-44-23(3)49(36)40)17-33(52)47-14-12-46(13-15-47)18-24-19-48(20-24)27-8-9-28-29(16-27)39(55)50(38(28)54)31-10-11-32(51)43-37(31)53/h4-9,16,24,30-31H,10-15,17-20H2,1-3H3,(H,43,51,53)/t30-,31?/m0/s1. The highest BCUT2D eigenvalue weighted by molar-refractivity contribution is 7.15. The largest absolute Gasteiger partial charge is 0.371 e. The molecule has 5 aliphatic heterocycles. The van der Waals surface area contributed by atoms with Gasteiger partial charge in [-0.25, -0.2) is 0 Å². The Bertz CT molecular complexity index is 2360. The van der Waals surface area contributed by atoms with Crippen molar-refractivity contribution >= 4 is 63.9 Å². The van der Waals surface area contributed by atoms with E-state index in [1.807, 2.05) is 42.2 Å². The number of rotatable bonds is 7. The number of benzene rings is 2. The third-order valence-electron chi connectivity index (χ3n) is 11.7. The number of hydrogen-bond donors (Lipinski definition) is 1. The Kier molecular flexibility index (Phi) is 9.13. The number of hydrogen-bond acceptors (Lipinski definition) is 11. The Morgan fingerprint density at radius 2 is 1.66 bits per heavy atom. The van der Waals surface area contributed by atoms with Crippen LogP contribution in [0.25, 0.3) is 5.00 Å². The summed E-state index contributed by atoms with van der Waals surface area (Å²) in [6, 6.07) is 11.4. The van der Waals surface area contributed by atoms with Gasteiger partial charge in [0.1, 0.15) is 22.9 Å². The van der Waals surface area contributed by atoms with Crippen LogP contribution in [-0.2, 0) is 14.4 Å². The number of amides is 5. The Morgan fingerprint density at radius 1 is 0.929 bits per heavy atom. The van der Waals surface area contributed by atoms with Crippen LogP contribution in [0.4, 0.5) is 5.69 Å². The van der Waals surface area contributed by atoms with E-state index >= 15 is 0 Å². The highest BCUT2D eigenvalue weighted by Crippen LogP contribution is 2.40. The maximum Gasteiger partial charge on any atom is 0.262 e. The van der Waals surface area contributed by atoms with Gasteiger partial charge >= 0.3 is 0 Å². The van der Waals surface area contributed by atoms with Crippen molar-refractivity contribution in [3.05, 3.63) is 91.8 Å². The summed E-state index contributed by atoms with van der Waals surface area (Å²) in [5.74, 6) is -0.150. The maximum atomic E-state index is 14.0. The molecule has 1 N–H and O–H groups in total. The van der Waals surface area contributed by atoms with Gasteiger partial charge in [0, 0.05) is 84.9 Å². The summed E-state index contributed by atoms with van der Waals surface area (Å²) in [5, 5.41) is 12.9. The van der Waals surface area contributed by atoms with E-state index in [1.165, 1.54) is 4.88 Å². The van der Waals surface area contributed by atoms with Crippen molar-refractivity contribution in [3.8, 4) is 5.00 Å². The van der Waals surface area contributed by atoms with E-state index in [0.717, 1.165) is 76.5 Å². The molecule has 0 saturated carbocycles. The van der Waals surface area contributed by atoms with Crippen LogP contribution in [0.15, 0.2) is 47.5 Å². The van der Waals surface area contributed by atoms with Crippen molar-refractivity contribution < 1.29 is 24.0 Å². The van der Waals surface area contributed by atoms with E-state index in [9.17, 15) is 24.0 Å². The summed E-state index contributed by atoms with van der Waals surface area (Å²) < 4.78 is 2.07. The molecule has 5 aliphatic rings. The zero-order chi connectivity index (χ0) is 39.0. The number of anilines is 1.